The van der Waals surface area contributed by atoms with Crippen molar-refractivity contribution in [2.75, 3.05) is 13.1 Å². The number of amides is 1. The van der Waals surface area contributed by atoms with E-state index in [1.54, 1.807) is 0 Å². The van der Waals surface area contributed by atoms with Crippen LogP contribution in [0.5, 0.6) is 0 Å². The topological polar surface area (TPSA) is 68.0 Å². The number of rotatable bonds is 3. The van der Waals surface area contributed by atoms with Gasteiger partial charge in [-0.05, 0) is 55.8 Å². The number of primary amides is 1. The van der Waals surface area contributed by atoms with Gasteiger partial charge in [0.15, 0.2) is 0 Å². The second-order valence-corrected chi connectivity index (χ2v) is 6.19. The Kier molecular flexibility index (Phi) is 2.86. The molecule has 0 radical (unpaired) electrons. The molecule has 0 bridgehead atoms. The molecule has 102 valence electrons. The summed E-state index contributed by atoms with van der Waals surface area (Å²) in [4.78, 5) is 16.0. The molecule has 1 aromatic rings. The van der Waals surface area contributed by atoms with Gasteiger partial charge in [0.2, 0.25) is 5.91 Å². The van der Waals surface area contributed by atoms with Crippen LogP contribution in [0, 0.1) is 0 Å². The number of carbonyl (C=O) groups is 1. The van der Waals surface area contributed by atoms with E-state index in [0.717, 1.165) is 44.5 Å². The molecule has 4 heteroatoms. The van der Waals surface area contributed by atoms with E-state index in [1.165, 1.54) is 5.56 Å². The van der Waals surface area contributed by atoms with Crippen LogP contribution in [0.25, 0.3) is 0 Å². The number of carbonyl (C=O) groups excluding carboxylic acids is 1. The monoisotopic (exact) mass is 259 g/mol. The highest BCUT2D eigenvalue weighted by Gasteiger charge is 2.51. The molecule has 2 aliphatic rings. The number of pyridine rings is 1. The smallest absolute Gasteiger partial charge is 0.229 e. The summed E-state index contributed by atoms with van der Waals surface area (Å²) >= 11 is 0. The molecule has 1 saturated heterocycles. The number of nitrogens with two attached hydrogens (primary N) is 1. The lowest BCUT2D eigenvalue weighted by molar-refractivity contribution is -0.120. The van der Waals surface area contributed by atoms with E-state index in [4.69, 9.17) is 5.73 Å². The maximum atomic E-state index is 11.5. The zero-order chi connectivity index (χ0) is 13.5. The summed E-state index contributed by atoms with van der Waals surface area (Å²) in [5.74, 6) is -0.235. The van der Waals surface area contributed by atoms with E-state index in [0.29, 0.717) is 0 Å². The van der Waals surface area contributed by atoms with Crippen LogP contribution in [-0.2, 0) is 15.6 Å². The molecule has 0 unspecified atom stereocenters. The van der Waals surface area contributed by atoms with Gasteiger partial charge in [-0.1, -0.05) is 13.0 Å². The number of nitrogens with zero attached hydrogens (tertiary/aromatic N) is 1. The Hall–Kier alpha value is -1.42. The second kappa shape index (κ2) is 4.30. The van der Waals surface area contributed by atoms with E-state index in [-0.39, 0.29) is 11.3 Å². The van der Waals surface area contributed by atoms with Gasteiger partial charge in [-0.25, -0.2) is 0 Å². The van der Waals surface area contributed by atoms with Gasteiger partial charge in [0.25, 0.3) is 0 Å². The van der Waals surface area contributed by atoms with Crippen LogP contribution in [0.1, 0.15) is 43.9 Å². The molecule has 19 heavy (non-hydrogen) atoms. The van der Waals surface area contributed by atoms with E-state index < -0.39 is 5.41 Å². The zero-order valence-corrected chi connectivity index (χ0v) is 11.4. The Labute approximate surface area is 113 Å². The largest absolute Gasteiger partial charge is 0.369 e. The summed E-state index contributed by atoms with van der Waals surface area (Å²) in [6, 6.07) is 4.14. The summed E-state index contributed by atoms with van der Waals surface area (Å²) in [6.45, 7) is 4.42. The first kappa shape index (κ1) is 12.6. The molecule has 1 aliphatic carbocycles. The van der Waals surface area contributed by atoms with Crippen molar-refractivity contribution in [2.24, 2.45) is 5.73 Å². The quantitative estimate of drug-likeness (QED) is 0.858. The number of hydrogen-bond acceptors (Lipinski definition) is 3. The molecule has 1 aromatic heterocycles. The summed E-state index contributed by atoms with van der Waals surface area (Å²) in [5, 5.41) is 3.39. The Bertz CT molecular complexity index is 485. The third-order valence-corrected chi connectivity index (χ3v) is 4.88. The minimum absolute atomic E-state index is 0.209. The maximum Gasteiger partial charge on any atom is 0.229 e. The van der Waals surface area contributed by atoms with E-state index in [1.807, 2.05) is 12.3 Å². The standard InChI is InChI=1S/C15H21N3O/c1-14(6-8-17-9-7-14)11-2-3-12(18-10-11)15(4-5-15)13(16)19/h2-3,10,17H,4-9H2,1H3,(H2,16,19). The molecule has 0 atom stereocenters. The minimum Gasteiger partial charge on any atom is -0.369 e. The number of hydrogen-bond donors (Lipinski definition) is 2. The van der Waals surface area contributed by atoms with Crippen molar-refractivity contribution in [1.29, 1.82) is 0 Å². The Morgan fingerprint density at radius 2 is 1.95 bits per heavy atom. The first-order valence-electron chi connectivity index (χ1n) is 7.05. The predicted octanol–water partition coefficient (Wildman–Crippen LogP) is 1.24. The molecular weight excluding hydrogens is 238 g/mol. The van der Waals surface area contributed by atoms with Crippen molar-refractivity contribution >= 4 is 5.91 Å². The molecule has 3 rings (SSSR count). The average Bonchev–Trinajstić information content (AvgIpc) is 3.21. The highest BCUT2D eigenvalue weighted by Crippen LogP contribution is 2.47. The summed E-state index contributed by atoms with van der Waals surface area (Å²) in [5.41, 5.74) is 7.35. The summed E-state index contributed by atoms with van der Waals surface area (Å²) in [6.07, 6.45) is 5.90. The first-order valence-corrected chi connectivity index (χ1v) is 7.05. The molecule has 2 heterocycles. The molecule has 1 aliphatic heterocycles. The van der Waals surface area contributed by atoms with Crippen molar-refractivity contribution < 1.29 is 4.79 Å². The number of piperidine rings is 1. The van der Waals surface area contributed by atoms with Crippen molar-refractivity contribution in [3.05, 3.63) is 29.6 Å². The Morgan fingerprint density at radius 3 is 2.42 bits per heavy atom. The van der Waals surface area contributed by atoms with E-state index in [2.05, 4.69) is 23.3 Å². The fraction of sp³-hybridized carbons (Fsp3) is 0.600. The van der Waals surface area contributed by atoms with E-state index in [9.17, 15) is 4.79 Å². The number of nitrogens with one attached hydrogen (secondary N) is 1. The first-order chi connectivity index (χ1) is 9.07. The molecule has 0 aromatic carbocycles. The van der Waals surface area contributed by atoms with Gasteiger partial charge in [-0.3, -0.25) is 9.78 Å². The van der Waals surface area contributed by atoms with Crippen LogP contribution in [-0.4, -0.2) is 24.0 Å². The van der Waals surface area contributed by atoms with Gasteiger partial charge in [-0.2, -0.15) is 0 Å². The van der Waals surface area contributed by atoms with Gasteiger partial charge in [0, 0.05) is 6.20 Å². The average molecular weight is 259 g/mol. The van der Waals surface area contributed by atoms with Gasteiger partial charge >= 0.3 is 0 Å². The molecule has 0 spiro atoms. The molecule has 4 nitrogen and oxygen atoms in total. The van der Waals surface area contributed by atoms with Gasteiger partial charge in [-0.15, -0.1) is 0 Å². The minimum atomic E-state index is -0.465. The summed E-state index contributed by atoms with van der Waals surface area (Å²) in [7, 11) is 0. The number of aromatic nitrogens is 1. The van der Waals surface area contributed by atoms with Crippen LogP contribution in [0.4, 0.5) is 0 Å². The fourth-order valence-corrected chi connectivity index (χ4v) is 3.05. The van der Waals surface area contributed by atoms with Gasteiger partial charge < -0.3 is 11.1 Å². The van der Waals surface area contributed by atoms with Crippen LogP contribution in [0.3, 0.4) is 0 Å². The lowest BCUT2D eigenvalue weighted by Gasteiger charge is -2.34. The normalized spacial score (nSPS) is 23.8. The predicted molar refractivity (Wildman–Crippen MR) is 73.8 cm³/mol. The highest BCUT2D eigenvalue weighted by atomic mass is 16.1. The third-order valence-electron chi connectivity index (χ3n) is 4.88. The highest BCUT2D eigenvalue weighted by molar-refractivity contribution is 5.89. The van der Waals surface area contributed by atoms with Crippen molar-refractivity contribution in [3.8, 4) is 0 Å². The van der Waals surface area contributed by atoms with Gasteiger partial charge in [0.05, 0.1) is 11.1 Å². The lowest BCUT2D eigenvalue weighted by atomic mass is 9.75. The van der Waals surface area contributed by atoms with Crippen molar-refractivity contribution in [2.45, 2.75) is 43.4 Å². The van der Waals surface area contributed by atoms with Crippen LogP contribution < -0.4 is 11.1 Å². The molecule has 1 saturated carbocycles. The van der Waals surface area contributed by atoms with Gasteiger partial charge in [0.1, 0.15) is 0 Å². The Balaban J connectivity index is 1.85. The van der Waals surface area contributed by atoms with Crippen molar-refractivity contribution in [1.82, 2.24) is 10.3 Å². The fourth-order valence-electron chi connectivity index (χ4n) is 3.05. The molecule has 1 amide bonds. The van der Waals surface area contributed by atoms with E-state index >= 15 is 0 Å². The third kappa shape index (κ3) is 2.04. The summed E-state index contributed by atoms with van der Waals surface area (Å²) < 4.78 is 0. The van der Waals surface area contributed by atoms with Crippen LogP contribution in [0.2, 0.25) is 0 Å². The Morgan fingerprint density at radius 1 is 1.26 bits per heavy atom. The molecular formula is C15H21N3O. The molecule has 2 fully saturated rings. The lowest BCUT2D eigenvalue weighted by Crippen LogP contribution is -2.37. The SMILES string of the molecule is CC1(c2ccc(C3(C(N)=O)CC3)nc2)CCNCC1. The van der Waals surface area contributed by atoms with Crippen LogP contribution in [0.15, 0.2) is 18.3 Å². The molecule has 3 N–H and O–H groups in total. The van der Waals surface area contributed by atoms with Crippen LogP contribution >= 0.6 is 0 Å². The maximum absolute atomic E-state index is 11.5. The second-order valence-electron chi connectivity index (χ2n) is 6.19. The zero-order valence-electron chi connectivity index (χ0n) is 11.4. The van der Waals surface area contributed by atoms with Crippen molar-refractivity contribution in [3.63, 3.8) is 0 Å².